The summed E-state index contributed by atoms with van der Waals surface area (Å²) in [4.78, 5) is 23.5. The molecule has 1 N–H and O–H groups in total. The number of amides is 1. The zero-order chi connectivity index (χ0) is 21.4. The molecule has 0 radical (unpaired) electrons. The Bertz CT molecular complexity index is 869. The van der Waals surface area contributed by atoms with E-state index in [0.717, 1.165) is 6.07 Å². The second-order valence-corrected chi connectivity index (χ2v) is 5.58. The van der Waals surface area contributed by atoms with E-state index in [2.05, 4.69) is 14.8 Å². The van der Waals surface area contributed by atoms with E-state index in [-0.39, 0.29) is 29.2 Å². The Morgan fingerprint density at radius 3 is 2.38 bits per heavy atom. The average Bonchev–Trinajstić information content (AvgIpc) is 2.69. The van der Waals surface area contributed by atoms with Crippen molar-refractivity contribution >= 4 is 11.9 Å². The molecule has 0 aliphatic rings. The minimum absolute atomic E-state index is 0.151. The number of methoxy groups -OCH3 is 2. The lowest BCUT2D eigenvalue weighted by atomic mass is 10.2. The fourth-order valence-corrected chi connectivity index (χ4v) is 2.29. The number of para-hydroxylation sites is 1. The number of nitrogens with one attached hydrogen (secondary N) is 1. The molecular weight excluding hydrogens is 395 g/mol. The predicted octanol–water partition coefficient (Wildman–Crippen LogP) is 3.08. The zero-order valence-electron chi connectivity index (χ0n) is 15.5. The van der Waals surface area contributed by atoms with Crippen molar-refractivity contribution in [3.63, 3.8) is 0 Å². The molecule has 2 aromatic rings. The highest BCUT2D eigenvalue weighted by molar-refractivity contribution is 5.90. The number of hydrogen-bond donors (Lipinski definition) is 1. The summed E-state index contributed by atoms with van der Waals surface area (Å²) in [6.07, 6.45) is -4.84. The number of alkyl halides is 3. The van der Waals surface area contributed by atoms with Crippen LogP contribution >= 0.6 is 0 Å². The lowest BCUT2D eigenvalue weighted by Gasteiger charge is -2.14. The van der Waals surface area contributed by atoms with Crippen LogP contribution in [0.5, 0.6) is 17.2 Å². The highest BCUT2D eigenvalue weighted by Crippen LogP contribution is 2.28. The van der Waals surface area contributed by atoms with Crippen molar-refractivity contribution in [3.8, 4) is 17.2 Å². The molecule has 0 spiro atoms. The molecule has 7 nitrogen and oxygen atoms in total. The Balaban J connectivity index is 1.95. The number of esters is 1. The molecule has 0 aliphatic carbocycles. The molecule has 0 unspecified atom stereocenters. The van der Waals surface area contributed by atoms with Crippen LogP contribution in [0.1, 0.15) is 15.9 Å². The van der Waals surface area contributed by atoms with Crippen LogP contribution in [0.2, 0.25) is 0 Å². The number of halogens is 3. The molecule has 0 atom stereocenters. The third-order valence-electron chi connectivity index (χ3n) is 3.62. The van der Waals surface area contributed by atoms with Gasteiger partial charge in [0.25, 0.3) is 5.91 Å². The van der Waals surface area contributed by atoms with Crippen molar-refractivity contribution in [1.29, 1.82) is 0 Å². The van der Waals surface area contributed by atoms with E-state index in [1.165, 1.54) is 50.6 Å². The molecule has 10 heteroatoms. The van der Waals surface area contributed by atoms with Crippen molar-refractivity contribution in [2.24, 2.45) is 0 Å². The normalized spacial score (nSPS) is 10.8. The second kappa shape index (κ2) is 9.67. The SMILES string of the molecule is COC(=O)c1ccc(OCC(=O)NCc2ccccc2OC(F)(F)F)c(OC)c1. The summed E-state index contributed by atoms with van der Waals surface area (Å²) in [7, 11) is 2.60. The van der Waals surface area contributed by atoms with Gasteiger partial charge in [-0.2, -0.15) is 0 Å². The minimum atomic E-state index is -4.84. The summed E-state index contributed by atoms with van der Waals surface area (Å²) in [5, 5.41) is 2.45. The first-order chi connectivity index (χ1) is 13.7. The van der Waals surface area contributed by atoms with Gasteiger partial charge in [-0.1, -0.05) is 18.2 Å². The molecule has 2 rings (SSSR count). The predicted molar refractivity (Wildman–Crippen MR) is 94.8 cm³/mol. The number of ether oxygens (including phenoxy) is 4. The summed E-state index contributed by atoms with van der Waals surface area (Å²) in [6, 6.07) is 9.73. The number of carbonyl (C=O) groups excluding carboxylic acids is 2. The van der Waals surface area contributed by atoms with Crippen LogP contribution in [0.4, 0.5) is 13.2 Å². The molecule has 29 heavy (non-hydrogen) atoms. The summed E-state index contributed by atoms with van der Waals surface area (Å²) < 4.78 is 56.3. The number of carbonyl (C=O) groups is 2. The molecule has 1 amide bonds. The van der Waals surface area contributed by atoms with Crippen LogP contribution in [0.3, 0.4) is 0 Å². The van der Waals surface area contributed by atoms with Gasteiger partial charge in [-0.15, -0.1) is 13.2 Å². The van der Waals surface area contributed by atoms with E-state index >= 15 is 0 Å². The van der Waals surface area contributed by atoms with Crippen LogP contribution < -0.4 is 19.5 Å². The van der Waals surface area contributed by atoms with Crippen LogP contribution in [-0.4, -0.2) is 39.1 Å². The lowest BCUT2D eigenvalue weighted by molar-refractivity contribution is -0.274. The number of rotatable bonds is 8. The topological polar surface area (TPSA) is 83.1 Å². The van der Waals surface area contributed by atoms with E-state index in [0.29, 0.717) is 0 Å². The van der Waals surface area contributed by atoms with Gasteiger partial charge in [0.05, 0.1) is 19.8 Å². The van der Waals surface area contributed by atoms with Crippen molar-refractivity contribution in [3.05, 3.63) is 53.6 Å². The fraction of sp³-hybridized carbons (Fsp3) is 0.263. The molecule has 0 heterocycles. The summed E-state index contributed by atoms with van der Waals surface area (Å²) in [6.45, 7) is -0.608. The van der Waals surface area contributed by atoms with Gasteiger partial charge in [0.2, 0.25) is 0 Å². The summed E-state index contributed by atoms with van der Waals surface area (Å²) in [5.41, 5.74) is 0.389. The van der Waals surface area contributed by atoms with Gasteiger partial charge >= 0.3 is 12.3 Å². The van der Waals surface area contributed by atoms with Crippen LogP contribution in [0, 0.1) is 0 Å². The van der Waals surface area contributed by atoms with E-state index < -0.39 is 30.6 Å². The van der Waals surface area contributed by atoms with Gasteiger partial charge in [-0.3, -0.25) is 4.79 Å². The van der Waals surface area contributed by atoms with Crippen LogP contribution in [0.25, 0.3) is 0 Å². The Morgan fingerprint density at radius 1 is 1.00 bits per heavy atom. The van der Waals surface area contributed by atoms with Crippen molar-refractivity contribution < 1.29 is 41.7 Å². The van der Waals surface area contributed by atoms with Crippen LogP contribution in [0.15, 0.2) is 42.5 Å². The highest BCUT2D eigenvalue weighted by atomic mass is 19.4. The molecule has 0 aromatic heterocycles. The smallest absolute Gasteiger partial charge is 0.493 e. The molecule has 2 aromatic carbocycles. The largest absolute Gasteiger partial charge is 0.573 e. The Morgan fingerprint density at radius 2 is 1.72 bits per heavy atom. The quantitative estimate of drug-likeness (QED) is 0.670. The van der Waals surface area contributed by atoms with Crippen molar-refractivity contribution in [2.75, 3.05) is 20.8 Å². The Hall–Kier alpha value is -3.43. The molecule has 0 saturated heterocycles. The molecule has 0 aliphatic heterocycles. The third kappa shape index (κ3) is 6.59. The van der Waals surface area contributed by atoms with E-state index in [1.54, 1.807) is 0 Å². The van der Waals surface area contributed by atoms with Crippen molar-refractivity contribution in [1.82, 2.24) is 5.32 Å². The van der Waals surface area contributed by atoms with E-state index in [9.17, 15) is 22.8 Å². The van der Waals surface area contributed by atoms with Gasteiger partial charge < -0.3 is 24.3 Å². The molecule has 0 fully saturated rings. The standard InChI is InChI=1S/C19H18F3NO6/c1-26-16-9-12(18(25)27-2)7-8-15(16)28-11-17(24)23-10-13-5-3-4-6-14(13)29-19(20,21)22/h3-9H,10-11H2,1-2H3,(H,23,24). The Kier molecular flexibility index (Phi) is 7.29. The van der Waals surface area contributed by atoms with Gasteiger partial charge in [0.15, 0.2) is 18.1 Å². The first-order valence-corrected chi connectivity index (χ1v) is 8.23. The molecule has 0 bridgehead atoms. The maximum Gasteiger partial charge on any atom is 0.573 e. The van der Waals surface area contributed by atoms with Gasteiger partial charge in [0.1, 0.15) is 5.75 Å². The second-order valence-electron chi connectivity index (χ2n) is 5.58. The van der Waals surface area contributed by atoms with Gasteiger partial charge in [-0.25, -0.2) is 4.79 Å². The molecular formula is C19H18F3NO6. The zero-order valence-corrected chi connectivity index (χ0v) is 15.5. The highest BCUT2D eigenvalue weighted by Gasteiger charge is 2.32. The van der Waals surface area contributed by atoms with Gasteiger partial charge in [-0.05, 0) is 24.3 Å². The maximum atomic E-state index is 12.4. The van der Waals surface area contributed by atoms with E-state index in [4.69, 9.17) is 9.47 Å². The first-order valence-electron chi connectivity index (χ1n) is 8.23. The van der Waals surface area contributed by atoms with Crippen molar-refractivity contribution in [2.45, 2.75) is 12.9 Å². The van der Waals surface area contributed by atoms with E-state index in [1.807, 2.05) is 0 Å². The number of benzene rings is 2. The maximum absolute atomic E-state index is 12.4. The third-order valence-corrected chi connectivity index (χ3v) is 3.62. The lowest BCUT2D eigenvalue weighted by Crippen LogP contribution is -2.29. The van der Waals surface area contributed by atoms with Gasteiger partial charge in [0, 0.05) is 12.1 Å². The average molecular weight is 413 g/mol. The monoisotopic (exact) mass is 413 g/mol. The first kappa shape index (κ1) is 21.9. The minimum Gasteiger partial charge on any atom is -0.493 e. The Labute approximate surface area is 164 Å². The summed E-state index contributed by atoms with van der Waals surface area (Å²) in [5.74, 6) is -1.12. The fourth-order valence-electron chi connectivity index (χ4n) is 2.29. The molecule has 156 valence electrons. The summed E-state index contributed by atoms with van der Waals surface area (Å²) >= 11 is 0. The molecule has 0 saturated carbocycles. The number of hydrogen-bond acceptors (Lipinski definition) is 6. The van der Waals surface area contributed by atoms with Crippen LogP contribution in [-0.2, 0) is 16.1 Å².